The number of rotatable bonds is 4. The lowest BCUT2D eigenvalue weighted by molar-refractivity contribution is -0.136. The summed E-state index contributed by atoms with van der Waals surface area (Å²) in [5.74, 6) is -0.331. The van der Waals surface area contributed by atoms with Gasteiger partial charge in [0.2, 0.25) is 11.8 Å². The van der Waals surface area contributed by atoms with Gasteiger partial charge in [0.05, 0.1) is 24.8 Å². The number of para-hydroxylation sites is 1. The number of ether oxygens (including phenoxy) is 1. The van der Waals surface area contributed by atoms with E-state index in [9.17, 15) is 14.0 Å². The zero-order chi connectivity index (χ0) is 19.7. The minimum atomic E-state index is -0.443. The third-order valence-electron chi connectivity index (χ3n) is 5.65. The van der Waals surface area contributed by atoms with Crippen molar-refractivity contribution in [2.45, 2.75) is 25.3 Å². The van der Waals surface area contributed by atoms with Crippen LogP contribution in [-0.2, 0) is 9.59 Å². The first-order valence-corrected chi connectivity index (χ1v) is 9.58. The van der Waals surface area contributed by atoms with Gasteiger partial charge in [-0.1, -0.05) is 24.3 Å². The summed E-state index contributed by atoms with van der Waals surface area (Å²) in [4.78, 5) is 28.9. The van der Waals surface area contributed by atoms with Gasteiger partial charge < -0.3 is 14.5 Å². The van der Waals surface area contributed by atoms with Crippen LogP contribution in [0.5, 0.6) is 5.75 Å². The van der Waals surface area contributed by atoms with Crippen LogP contribution < -0.4 is 9.64 Å². The van der Waals surface area contributed by atoms with Crippen molar-refractivity contribution in [3.05, 3.63) is 59.9 Å². The number of methoxy groups -OCH3 is 1. The molecule has 28 heavy (non-hydrogen) atoms. The monoisotopic (exact) mass is 382 g/mol. The Balaban J connectivity index is 1.50. The molecule has 2 aliphatic heterocycles. The number of amides is 2. The van der Waals surface area contributed by atoms with E-state index in [1.54, 1.807) is 25.3 Å². The van der Waals surface area contributed by atoms with Crippen LogP contribution in [0.15, 0.2) is 48.5 Å². The molecule has 0 N–H and O–H groups in total. The van der Waals surface area contributed by atoms with Gasteiger partial charge in [0.25, 0.3) is 0 Å². The summed E-state index contributed by atoms with van der Waals surface area (Å²) in [5.41, 5.74) is 1.32. The van der Waals surface area contributed by atoms with Crippen LogP contribution in [0.4, 0.5) is 10.1 Å². The first-order chi connectivity index (χ1) is 13.6. The Hall–Kier alpha value is -2.89. The summed E-state index contributed by atoms with van der Waals surface area (Å²) in [5, 5.41) is 0. The summed E-state index contributed by atoms with van der Waals surface area (Å²) in [7, 11) is 1.62. The highest BCUT2D eigenvalue weighted by molar-refractivity contribution is 6.00. The second kappa shape index (κ2) is 7.62. The van der Waals surface area contributed by atoms with Crippen molar-refractivity contribution in [2.24, 2.45) is 5.92 Å². The molecule has 6 heteroatoms. The van der Waals surface area contributed by atoms with Crippen molar-refractivity contribution in [1.29, 1.82) is 0 Å². The lowest BCUT2D eigenvalue weighted by Gasteiger charge is -2.28. The summed E-state index contributed by atoms with van der Waals surface area (Å²) < 4.78 is 19.3. The van der Waals surface area contributed by atoms with Gasteiger partial charge in [-0.3, -0.25) is 9.59 Å². The van der Waals surface area contributed by atoms with Crippen molar-refractivity contribution in [3.63, 3.8) is 0 Å². The molecule has 0 aromatic heterocycles. The Morgan fingerprint density at radius 1 is 1.14 bits per heavy atom. The minimum Gasteiger partial charge on any atom is -0.497 e. The fourth-order valence-corrected chi connectivity index (χ4v) is 4.21. The Labute approximate surface area is 163 Å². The fraction of sp³-hybridized carbons (Fsp3) is 0.364. The summed E-state index contributed by atoms with van der Waals surface area (Å²) in [6.45, 7) is 0.907. The van der Waals surface area contributed by atoms with Crippen LogP contribution in [0.25, 0.3) is 0 Å². The lowest BCUT2D eigenvalue weighted by atomic mass is 10.0. The Morgan fingerprint density at radius 3 is 2.61 bits per heavy atom. The number of carbonyl (C=O) groups excluding carboxylic acids is 2. The number of halogens is 1. The zero-order valence-electron chi connectivity index (χ0n) is 15.8. The van der Waals surface area contributed by atoms with E-state index in [1.165, 1.54) is 11.0 Å². The number of nitrogens with zero attached hydrogens (tertiary/aromatic N) is 2. The van der Waals surface area contributed by atoms with Gasteiger partial charge in [0, 0.05) is 19.5 Å². The second-order valence-corrected chi connectivity index (χ2v) is 7.32. The molecule has 2 heterocycles. The van der Waals surface area contributed by atoms with Crippen LogP contribution in [0.2, 0.25) is 0 Å². The smallest absolute Gasteiger partial charge is 0.228 e. The van der Waals surface area contributed by atoms with E-state index in [4.69, 9.17) is 4.74 Å². The number of hydrogen-bond donors (Lipinski definition) is 0. The predicted molar refractivity (Wildman–Crippen MR) is 104 cm³/mol. The zero-order valence-corrected chi connectivity index (χ0v) is 15.8. The van der Waals surface area contributed by atoms with E-state index in [-0.39, 0.29) is 36.5 Å². The van der Waals surface area contributed by atoms with Crippen molar-refractivity contribution >= 4 is 17.5 Å². The number of carbonyl (C=O) groups is 2. The van der Waals surface area contributed by atoms with Crippen LogP contribution >= 0.6 is 0 Å². The maximum Gasteiger partial charge on any atom is 0.228 e. The normalized spacial score (nSPS) is 22.0. The molecule has 4 rings (SSSR count). The van der Waals surface area contributed by atoms with E-state index in [2.05, 4.69) is 0 Å². The van der Waals surface area contributed by atoms with Crippen LogP contribution in [-0.4, -0.2) is 36.9 Å². The molecular formula is C22H23FN2O3. The van der Waals surface area contributed by atoms with Gasteiger partial charge in [-0.05, 0) is 42.7 Å². The van der Waals surface area contributed by atoms with E-state index >= 15 is 0 Å². The van der Waals surface area contributed by atoms with Gasteiger partial charge in [-0.2, -0.15) is 0 Å². The molecule has 0 radical (unpaired) electrons. The molecule has 2 fully saturated rings. The molecule has 0 bridgehead atoms. The molecule has 2 saturated heterocycles. The molecule has 146 valence electrons. The number of benzene rings is 2. The SMILES string of the molecule is COc1ccc([C@@H]2CCCN2C(=O)[C@@H]2CC(=O)N(c3ccccc3F)C2)cc1. The second-order valence-electron chi connectivity index (χ2n) is 7.32. The Kier molecular flexibility index (Phi) is 5.03. The van der Waals surface area contributed by atoms with Crippen molar-refractivity contribution in [1.82, 2.24) is 4.90 Å². The summed E-state index contributed by atoms with van der Waals surface area (Å²) in [6, 6.07) is 14.0. The molecule has 0 saturated carbocycles. The third-order valence-corrected chi connectivity index (χ3v) is 5.65. The Bertz CT molecular complexity index is 884. The molecule has 2 amide bonds. The van der Waals surface area contributed by atoms with E-state index < -0.39 is 11.7 Å². The highest BCUT2D eigenvalue weighted by Gasteiger charge is 2.41. The first kappa shape index (κ1) is 18.5. The van der Waals surface area contributed by atoms with Crippen molar-refractivity contribution in [2.75, 3.05) is 25.1 Å². The molecule has 2 aliphatic rings. The van der Waals surface area contributed by atoms with Gasteiger partial charge in [-0.25, -0.2) is 4.39 Å². The van der Waals surface area contributed by atoms with Crippen molar-refractivity contribution in [3.8, 4) is 5.75 Å². The van der Waals surface area contributed by atoms with E-state index in [0.717, 1.165) is 24.2 Å². The van der Waals surface area contributed by atoms with Crippen LogP contribution in [0, 0.1) is 11.7 Å². The maximum atomic E-state index is 14.1. The minimum absolute atomic E-state index is 0.0102. The summed E-state index contributed by atoms with van der Waals surface area (Å²) in [6.07, 6.45) is 1.95. The Morgan fingerprint density at radius 2 is 1.89 bits per heavy atom. The average Bonchev–Trinajstić information content (AvgIpc) is 3.35. The third kappa shape index (κ3) is 3.35. The largest absolute Gasteiger partial charge is 0.497 e. The molecule has 0 unspecified atom stereocenters. The van der Waals surface area contributed by atoms with Crippen molar-refractivity contribution < 1.29 is 18.7 Å². The maximum absolute atomic E-state index is 14.1. The van der Waals surface area contributed by atoms with Gasteiger partial charge in [-0.15, -0.1) is 0 Å². The fourth-order valence-electron chi connectivity index (χ4n) is 4.21. The van der Waals surface area contributed by atoms with Gasteiger partial charge in [0.15, 0.2) is 0 Å². The predicted octanol–water partition coefficient (Wildman–Crippen LogP) is 3.55. The van der Waals surface area contributed by atoms with Gasteiger partial charge >= 0.3 is 0 Å². The number of likely N-dealkylation sites (tertiary alicyclic amines) is 1. The summed E-state index contributed by atoms with van der Waals surface area (Å²) >= 11 is 0. The number of hydrogen-bond acceptors (Lipinski definition) is 3. The number of anilines is 1. The molecule has 5 nitrogen and oxygen atoms in total. The van der Waals surface area contributed by atoms with Crippen LogP contribution in [0.3, 0.4) is 0 Å². The highest BCUT2D eigenvalue weighted by Crippen LogP contribution is 2.36. The topological polar surface area (TPSA) is 49.9 Å². The molecule has 2 aromatic carbocycles. The van der Waals surface area contributed by atoms with Crippen LogP contribution in [0.1, 0.15) is 30.9 Å². The molecule has 0 aliphatic carbocycles. The standard InChI is InChI=1S/C22H23FN2O3/c1-28-17-10-8-15(9-11-17)19-7-4-12-24(19)22(27)16-13-21(26)25(14-16)20-6-3-2-5-18(20)23/h2-3,5-6,8-11,16,19H,4,7,12-14H2,1H3/t16-,19+/m1/s1. The molecular weight excluding hydrogens is 359 g/mol. The van der Waals surface area contributed by atoms with E-state index in [0.29, 0.717) is 6.54 Å². The molecule has 0 spiro atoms. The lowest BCUT2D eigenvalue weighted by Crippen LogP contribution is -2.37. The van der Waals surface area contributed by atoms with E-state index in [1.807, 2.05) is 29.2 Å². The van der Waals surface area contributed by atoms with Gasteiger partial charge in [0.1, 0.15) is 11.6 Å². The molecule has 2 aromatic rings. The quantitative estimate of drug-likeness (QED) is 0.813. The average molecular weight is 382 g/mol. The first-order valence-electron chi connectivity index (χ1n) is 9.58. The molecule has 2 atom stereocenters. The highest BCUT2D eigenvalue weighted by atomic mass is 19.1.